The van der Waals surface area contributed by atoms with Crippen molar-refractivity contribution in [2.75, 3.05) is 7.11 Å². The molecule has 1 unspecified atom stereocenters. The third-order valence-corrected chi connectivity index (χ3v) is 2.52. The van der Waals surface area contributed by atoms with Gasteiger partial charge in [-0.15, -0.1) is 0 Å². The van der Waals surface area contributed by atoms with Crippen molar-refractivity contribution in [2.45, 2.75) is 12.6 Å². The van der Waals surface area contributed by atoms with Crippen molar-refractivity contribution in [3.05, 3.63) is 48.0 Å². The molecule has 5 heteroatoms. The summed E-state index contributed by atoms with van der Waals surface area (Å²) in [6, 6.07) is 7.64. The van der Waals surface area contributed by atoms with Crippen molar-refractivity contribution in [3.63, 3.8) is 0 Å². The van der Waals surface area contributed by atoms with Gasteiger partial charge >= 0.3 is 0 Å². The van der Waals surface area contributed by atoms with E-state index >= 15 is 0 Å². The summed E-state index contributed by atoms with van der Waals surface area (Å²) in [5, 5.41) is 4.06. The maximum Gasteiger partial charge on any atom is 0.177 e. The van der Waals surface area contributed by atoms with Crippen molar-refractivity contribution in [1.82, 2.24) is 14.8 Å². The number of nitrogens with zero attached hydrogens (tertiary/aromatic N) is 3. The number of methoxy groups -OCH3 is 1. The molecule has 0 aliphatic carbocycles. The molecule has 0 saturated heterocycles. The molecule has 1 atom stereocenters. The highest BCUT2D eigenvalue weighted by Gasteiger charge is 2.16. The van der Waals surface area contributed by atoms with Crippen LogP contribution in [0.4, 0.5) is 0 Å². The van der Waals surface area contributed by atoms with Gasteiger partial charge in [0.25, 0.3) is 0 Å². The lowest BCUT2D eigenvalue weighted by Gasteiger charge is -2.18. The first kappa shape index (κ1) is 11.5. The number of carbonyl (C=O) groups excluding carboxylic acids is 1. The minimum absolute atomic E-state index is 0.353. The molecule has 0 saturated carbocycles. The van der Waals surface area contributed by atoms with Crippen LogP contribution >= 0.6 is 0 Å². The smallest absolute Gasteiger partial charge is 0.177 e. The van der Waals surface area contributed by atoms with Gasteiger partial charge in [-0.3, -0.25) is 0 Å². The van der Waals surface area contributed by atoms with E-state index in [-0.39, 0.29) is 6.23 Å². The summed E-state index contributed by atoms with van der Waals surface area (Å²) in [7, 11) is 1.60. The van der Waals surface area contributed by atoms with E-state index in [0.29, 0.717) is 6.42 Å². The molecule has 17 heavy (non-hydrogen) atoms. The molecule has 2 rings (SSSR count). The number of ether oxygens (including phenoxy) is 1. The van der Waals surface area contributed by atoms with Crippen LogP contribution in [0.5, 0.6) is 0 Å². The molecule has 0 spiro atoms. The number of aldehydes is 1. The quantitative estimate of drug-likeness (QED) is 0.726. The lowest BCUT2D eigenvalue weighted by molar-refractivity contribution is -0.107. The summed E-state index contributed by atoms with van der Waals surface area (Å²) < 4.78 is 7.03. The third kappa shape index (κ3) is 2.39. The van der Waals surface area contributed by atoms with Crippen molar-refractivity contribution >= 4 is 6.29 Å². The van der Waals surface area contributed by atoms with Gasteiger partial charge in [0.05, 0.1) is 0 Å². The van der Waals surface area contributed by atoms with Crippen molar-refractivity contribution < 1.29 is 9.53 Å². The average Bonchev–Trinajstić information content (AvgIpc) is 2.86. The molecular weight excluding hydrogens is 218 g/mol. The zero-order chi connectivity index (χ0) is 12.1. The molecule has 88 valence electrons. The van der Waals surface area contributed by atoms with Gasteiger partial charge in [0, 0.05) is 19.1 Å². The predicted molar refractivity (Wildman–Crippen MR) is 61.4 cm³/mol. The number of aromatic nitrogens is 3. The van der Waals surface area contributed by atoms with Gasteiger partial charge in [-0.05, 0) is 5.56 Å². The summed E-state index contributed by atoms with van der Waals surface area (Å²) in [5.41, 5.74) is 1.86. The molecule has 1 aromatic heterocycles. The highest BCUT2D eigenvalue weighted by atomic mass is 16.5. The maximum absolute atomic E-state index is 10.6. The largest absolute Gasteiger partial charge is 0.355 e. The Morgan fingerprint density at radius 3 is 2.94 bits per heavy atom. The number of carbonyl (C=O) groups is 1. The molecule has 0 bridgehead atoms. The van der Waals surface area contributed by atoms with E-state index in [4.69, 9.17) is 4.74 Å². The first-order valence-electron chi connectivity index (χ1n) is 5.25. The second-order valence-electron chi connectivity index (χ2n) is 3.53. The van der Waals surface area contributed by atoms with E-state index in [1.54, 1.807) is 18.1 Å². The fraction of sp³-hybridized carbons (Fsp3) is 0.250. The fourth-order valence-corrected chi connectivity index (χ4v) is 1.77. The predicted octanol–water partition coefficient (Wildman–Crippen LogP) is 1.21. The Balaban J connectivity index is 2.40. The standard InChI is InChI=1S/C12H13N3O2/c1-17-12(15-9-13-8-14-15)11-5-3-2-4-10(11)6-7-16/h2-5,7-9,12H,6H2,1H3. The molecule has 0 radical (unpaired) electrons. The van der Waals surface area contributed by atoms with Gasteiger partial charge < -0.3 is 9.53 Å². The van der Waals surface area contributed by atoms with Gasteiger partial charge in [-0.2, -0.15) is 5.10 Å². The fourth-order valence-electron chi connectivity index (χ4n) is 1.77. The van der Waals surface area contributed by atoms with E-state index in [1.807, 2.05) is 24.3 Å². The highest BCUT2D eigenvalue weighted by molar-refractivity contribution is 5.56. The van der Waals surface area contributed by atoms with E-state index in [9.17, 15) is 4.79 Å². The summed E-state index contributed by atoms with van der Waals surface area (Å²) in [5.74, 6) is 0. The Bertz CT molecular complexity index is 482. The first-order chi connectivity index (χ1) is 8.36. The van der Waals surface area contributed by atoms with Gasteiger partial charge in [-0.25, -0.2) is 9.67 Å². The van der Waals surface area contributed by atoms with Crippen molar-refractivity contribution in [3.8, 4) is 0 Å². The van der Waals surface area contributed by atoms with Gasteiger partial charge in [0.15, 0.2) is 6.23 Å². The van der Waals surface area contributed by atoms with E-state index in [0.717, 1.165) is 17.4 Å². The Labute approximate surface area is 99.1 Å². The first-order valence-corrected chi connectivity index (χ1v) is 5.25. The second kappa shape index (κ2) is 5.36. The van der Waals surface area contributed by atoms with Crippen LogP contribution in [0.25, 0.3) is 0 Å². The minimum Gasteiger partial charge on any atom is -0.355 e. The SMILES string of the molecule is COC(c1ccccc1CC=O)n1cncn1. The summed E-state index contributed by atoms with van der Waals surface area (Å²) in [4.78, 5) is 14.5. The van der Waals surface area contributed by atoms with Gasteiger partial charge in [-0.1, -0.05) is 24.3 Å². The molecule has 0 fully saturated rings. The van der Waals surface area contributed by atoms with Gasteiger partial charge in [0.2, 0.25) is 0 Å². The van der Waals surface area contributed by atoms with Crippen molar-refractivity contribution in [2.24, 2.45) is 0 Å². The van der Waals surface area contributed by atoms with Gasteiger partial charge in [0.1, 0.15) is 18.9 Å². The van der Waals surface area contributed by atoms with Crippen LogP contribution in [0.1, 0.15) is 17.4 Å². The zero-order valence-corrected chi connectivity index (χ0v) is 9.48. The third-order valence-electron chi connectivity index (χ3n) is 2.52. The Morgan fingerprint density at radius 1 is 1.47 bits per heavy atom. The molecule has 5 nitrogen and oxygen atoms in total. The Morgan fingerprint density at radius 2 is 2.29 bits per heavy atom. The van der Waals surface area contributed by atoms with Crippen LogP contribution in [0, 0.1) is 0 Å². The van der Waals surface area contributed by atoms with Crippen LogP contribution in [0.2, 0.25) is 0 Å². The minimum atomic E-state index is -0.353. The maximum atomic E-state index is 10.6. The monoisotopic (exact) mass is 231 g/mol. The number of hydrogen-bond acceptors (Lipinski definition) is 4. The second-order valence-corrected chi connectivity index (χ2v) is 3.53. The normalized spacial score (nSPS) is 12.3. The van der Waals surface area contributed by atoms with Crippen LogP contribution in [-0.4, -0.2) is 28.2 Å². The summed E-state index contributed by atoms with van der Waals surface area (Å²) >= 11 is 0. The number of rotatable bonds is 5. The zero-order valence-electron chi connectivity index (χ0n) is 9.48. The Hall–Kier alpha value is -2.01. The summed E-state index contributed by atoms with van der Waals surface area (Å²) in [6.45, 7) is 0. The molecule has 2 aromatic rings. The number of benzene rings is 1. The van der Waals surface area contributed by atoms with Crippen LogP contribution < -0.4 is 0 Å². The summed E-state index contributed by atoms with van der Waals surface area (Å²) in [6.07, 6.45) is 3.94. The average molecular weight is 231 g/mol. The van der Waals surface area contributed by atoms with E-state index < -0.39 is 0 Å². The Kier molecular flexibility index (Phi) is 3.62. The molecule has 0 N–H and O–H groups in total. The lowest BCUT2D eigenvalue weighted by atomic mass is 10.0. The molecule has 0 amide bonds. The molecule has 1 aromatic carbocycles. The topological polar surface area (TPSA) is 57.0 Å². The molecule has 0 aliphatic rings. The van der Waals surface area contributed by atoms with E-state index in [2.05, 4.69) is 10.1 Å². The highest BCUT2D eigenvalue weighted by Crippen LogP contribution is 2.21. The molecule has 0 aliphatic heterocycles. The molecular formula is C12H13N3O2. The molecule has 1 heterocycles. The van der Waals surface area contributed by atoms with Crippen molar-refractivity contribution in [1.29, 1.82) is 0 Å². The van der Waals surface area contributed by atoms with E-state index in [1.165, 1.54) is 6.33 Å². The van der Waals surface area contributed by atoms with Crippen LogP contribution in [0.15, 0.2) is 36.9 Å². The van der Waals surface area contributed by atoms with Crippen LogP contribution in [0.3, 0.4) is 0 Å². The number of hydrogen-bond donors (Lipinski definition) is 0. The van der Waals surface area contributed by atoms with Crippen LogP contribution in [-0.2, 0) is 16.0 Å². The lowest BCUT2D eigenvalue weighted by Crippen LogP contribution is -2.15.